The number of carbonyl (C=O) groups is 1. The number of nitrogens with one attached hydrogen (secondary N) is 1. The molecule has 0 aliphatic rings. The molecule has 3 heterocycles. The average molecular weight is 414 g/mol. The van der Waals surface area contributed by atoms with E-state index in [2.05, 4.69) is 15.4 Å². The SMILES string of the molecule is O=C(NCCn1ncc2c(=O)n(Cc3ccc(Cl)cc3)cnc21)c1cccs1. The first-order valence-corrected chi connectivity index (χ1v) is 9.85. The molecular weight excluding hydrogens is 398 g/mol. The molecule has 1 aromatic carbocycles. The van der Waals surface area contributed by atoms with E-state index in [0.29, 0.717) is 40.6 Å². The number of benzene rings is 1. The topological polar surface area (TPSA) is 81.8 Å². The highest BCUT2D eigenvalue weighted by molar-refractivity contribution is 7.12. The van der Waals surface area contributed by atoms with Gasteiger partial charge in [-0.05, 0) is 29.1 Å². The summed E-state index contributed by atoms with van der Waals surface area (Å²) in [5.74, 6) is -0.121. The van der Waals surface area contributed by atoms with Crippen LogP contribution in [-0.4, -0.2) is 31.8 Å². The van der Waals surface area contributed by atoms with Gasteiger partial charge >= 0.3 is 0 Å². The molecule has 142 valence electrons. The molecule has 0 fully saturated rings. The number of amides is 1. The molecule has 1 amide bonds. The largest absolute Gasteiger partial charge is 0.349 e. The summed E-state index contributed by atoms with van der Waals surface area (Å²) in [6.07, 6.45) is 3.03. The second-order valence-electron chi connectivity index (χ2n) is 6.14. The van der Waals surface area contributed by atoms with Crippen molar-refractivity contribution in [1.82, 2.24) is 24.6 Å². The van der Waals surface area contributed by atoms with Gasteiger partial charge in [-0.25, -0.2) is 9.67 Å². The molecule has 0 atom stereocenters. The molecule has 4 aromatic rings. The highest BCUT2D eigenvalue weighted by Gasteiger charge is 2.11. The minimum Gasteiger partial charge on any atom is -0.349 e. The summed E-state index contributed by atoms with van der Waals surface area (Å²) in [6, 6.07) is 10.9. The lowest BCUT2D eigenvalue weighted by Crippen LogP contribution is -2.27. The van der Waals surface area contributed by atoms with Gasteiger partial charge in [-0.1, -0.05) is 29.8 Å². The first-order valence-electron chi connectivity index (χ1n) is 8.59. The van der Waals surface area contributed by atoms with Gasteiger partial charge in [0.15, 0.2) is 5.65 Å². The van der Waals surface area contributed by atoms with Crippen molar-refractivity contribution in [2.45, 2.75) is 13.1 Å². The zero-order valence-corrected chi connectivity index (χ0v) is 16.3. The van der Waals surface area contributed by atoms with Crippen LogP contribution in [0, 0.1) is 0 Å². The molecule has 1 N–H and O–H groups in total. The second-order valence-corrected chi connectivity index (χ2v) is 7.53. The molecule has 28 heavy (non-hydrogen) atoms. The maximum atomic E-state index is 12.7. The zero-order valence-electron chi connectivity index (χ0n) is 14.7. The molecular formula is C19H16ClN5O2S. The number of rotatable bonds is 6. The standard InChI is InChI=1S/C19H16ClN5O2S/c20-14-5-3-13(4-6-14)11-24-12-22-17-15(19(24)27)10-23-25(17)8-7-21-18(26)16-2-1-9-28-16/h1-6,9-10,12H,7-8,11H2,(H,21,26). The highest BCUT2D eigenvalue weighted by Crippen LogP contribution is 2.11. The van der Waals surface area contributed by atoms with Gasteiger partial charge in [0.2, 0.25) is 0 Å². The summed E-state index contributed by atoms with van der Waals surface area (Å²) in [4.78, 5) is 29.8. The fraction of sp³-hybridized carbons (Fsp3) is 0.158. The summed E-state index contributed by atoms with van der Waals surface area (Å²) in [6.45, 7) is 1.22. The van der Waals surface area contributed by atoms with Crippen molar-refractivity contribution < 1.29 is 4.79 Å². The fourth-order valence-electron chi connectivity index (χ4n) is 2.83. The Morgan fingerprint density at radius 3 is 2.79 bits per heavy atom. The van der Waals surface area contributed by atoms with Crippen molar-refractivity contribution in [1.29, 1.82) is 0 Å². The lowest BCUT2D eigenvalue weighted by Gasteiger charge is -2.07. The van der Waals surface area contributed by atoms with Crippen molar-refractivity contribution in [3.8, 4) is 0 Å². The van der Waals surface area contributed by atoms with Crippen molar-refractivity contribution >= 4 is 39.9 Å². The third-order valence-electron chi connectivity index (χ3n) is 4.24. The Labute approximate surface area is 169 Å². The van der Waals surface area contributed by atoms with Crippen molar-refractivity contribution in [2.75, 3.05) is 6.54 Å². The van der Waals surface area contributed by atoms with Crippen LogP contribution in [0.4, 0.5) is 0 Å². The molecule has 0 spiro atoms. The molecule has 9 heteroatoms. The predicted molar refractivity (Wildman–Crippen MR) is 109 cm³/mol. The van der Waals surface area contributed by atoms with Crippen molar-refractivity contribution in [2.24, 2.45) is 0 Å². The number of carbonyl (C=O) groups excluding carboxylic acids is 1. The van der Waals surface area contributed by atoms with Crippen LogP contribution < -0.4 is 10.9 Å². The second kappa shape index (κ2) is 7.95. The number of halogens is 1. The molecule has 0 bridgehead atoms. The van der Waals surface area contributed by atoms with E-state index in [4.69, 9.17) is 11.6 Å². The van der Waals surface area contributed by atoms with E-state index >= 15 is 0 Å². The molecule has 3 aromatic heterocycles. The molecule has 0 saturated carbocycles. The van der Waals surface area contributed by atoms with Gasteiger partial charge in [-0.15, -0.1) is 11.3 Å². The number of nitrogens with zero attached hydrogens (tertiary/aromatic N) is 4. The van der Waals surface area contributed by atoms with Crippen LogP contribution in [0.5, 0.6) is 0 Å². The normalized spacial score (nSPS) is 11.0. The van der Waals surface area contributed by atoms with Crippen LogP contribution in [-0.2, 0) is 13.1 Å². The van der Waals surface area contributed by atoms with Gasteiger partial charge in [-0.2, -0.15) is 5.10 Å². The molecule has 0 saturated heterocycles. The van der Waals surface area contributed by atoms with Crippen LogP contribution in [0.2, 0.25) is 5.02 Å². The Bertz CT molecular complexity index is 1170. The van der Waals surface area contributed by atoms with E-state index in [0.717, 1.165) is 5.56 Å². The highest BCUT2D eigenvalue weighted by atomic mass is 35.5. The average Bonchev–Trinajstić information content (AvgIpc) is 3.36. The predicted octanol–water partition coefficient (Wildman–Crippen LogP) is 2.79. The number of hydrogen-bond acceptors (Lipinski definition) is 5. The van der Waals surface area contributed by atoms with Gasteiger partial charge < -0.3 is 5.32 Å². The minimum absolute atomic E-state index is 0.121. The van der Waals surface area contributed by atoms with Crippen LogP contribution in [0.1, 0.15) is 15.2 Å². The number of hydrogen-bond donors (Lipinski definition) is 1. The van der Waals surface area contributed by atoms with Gasteiger partial charge in [0.1, 0.15) is 11.7 Å². The number of fused-ring (bicyclic) bond motifs is 1. The lowest BCUT2D eigenvalue weighted by atomic mass is 10.2. The van der Waals surface area contributed by atoms with Crippen LogP contribution in [0.15, 0.2) is 59.1 Å². The Hall–Kier alpha value is -2.97. The van der Waals surface area contributed by atoms with E-state index in [9.17, 15) is 9.59 Å². The summed E-state index contributed by atoms with van der Waals surface area (Å²) >= 11 is 7.29. The van der Waals surface area contributed by atoms with Gasteiger partial charge in [0.05, 0.1) is 24.2 Å². The first kappa shape index (κ1) is 18.4. The van der Waals surface area contributed by atoms with Crippen molar-refractivity contribution in [3.63, 3.8) is 0 Å². The van der Waals surface area contributed by atoms with Crippen LogP contribution >= 0.6 is 22.9 Å². The third kappa shape index (κ3) is 3.83. The Balaban J connectivity index is 1.47. The van der Waals surface area contributed by atoms with E-state index < -0.39 is 0 Å². The maximum Gasteiger partial charge on any atom is 0.264 e. The zero-order chi connectivity index (χ0) is 19.5. The maximum absolute atomic E-state index is 12.7. The minimum atomic E-state index is -0.158. The number of aromatic nitrogens is 4. The Morgan fingerprint density at radius 1 is 1.21 bits per heavy atom. The van der Waals surface area contributed by atoms with E-state index in [1.807, 2.05) is 23.6 Å². The van der Waals surface area contributed by atoms with E-state index in [1.54, 1.807) is 22.9 Å². The van der Waals surface area contributed by atoms with E-state index in [-0.39, 0.29) is 11.5 Å². The summed E-state index contributed by atoms with van der Waals surface area (Å²) in [5.41, 5.74) is 1.30. The monoisotopic (exact) mass is 413 g/mol. The fourth-order valence-corrected chi connectivity index (χ4v) is 3.60. The molecule has 0 aliphatic heterocycles. The van der Waals surface area contributed by atoms with E-state index in [1.165, 1.54) is 28.4 Å². The lowest BCUT2D eigenvalue weighted by molar-refractivity contribution is 0.0956. The van der Waals surface area contributed by atoms with Crippen molar-refractivity contribution in [3.05, 3.63) is 80.1 Å². The Kier molecular flexibility index (Phi) is 5.23. The summed E-state index contributed by atoms with van der Waals surface area (Å²) in [5, 5.41) is 10.0. The summed E-state index contributed by atoms with van der Waals surface area (Å²) in [7, 11) is 0. The quantitative estimate of drug-likeness (QED) is 0.527. The molecule has 0 aliphatic carbocycles. The van der Waals surface area contributed by atoms with Gasteiger partial charge in [0, 0.05) is 11.6 Å². The smallest absolute Gasteiger partial charge is 0.264 e. The van der Waals surface area contributed by atoms with Crippen LogP contribution in [0.3, 0.4) is 0 Å². The molecule has 4 rings (SSSR count). The molecule has 0 unspecified atom stereocenters. The van der Waals surface area contributed by atoms with Crippen LogP contribution in [0.25, 0.3) is 11.0 Å². The van der Waals surface area contributed by atoms with Gasteiger partial charge in [0.25, 0.3) is 11.5 Å². The Morgan fingerprint density at radius 2 is 2.04 bits per heavy atom. The van der Waals surface area contributed by atoms with Gasteiger partial charge in [-0.3, -0.25) is 14.2 Å². The summed E-state index contributed by atoms with van der Waals surface area (Å²) < 4.78 is 3.16. The first-order chi connectivity index (χ1) is 13.6. The molecule has 7 nitrogen and oxygen atoms in total. The molecule has 0 radical (unpaired) electrons. The third-order valence-corrected chi connectivity index (χ3v) is 5.36. The number of thiophene rings is 1.